The highest BCUT2D eigenvalue weighted by molar-refractivity contribution is 5.66. The lowest BCUT2D eigenvalue weighted by Gasteiger charge is -2.22. The Kier molecular flexibility index (Phi) is 5.85. The van der Waals surface area contributed by atoms with Crippen molar-refractivity contribution in [1.82, 2.24) is 9.78 Å². The Morgan fingerprint density at radius 1 is 0.917 bits per heavy atom. The summed E-state index contributed by atoms with van der Waals surface area (Å²) in [4.78, 5) is 15.1. The zero-order chi connectivity index (χ0) is 25.8. The summed E-state index contributed by atoms with van der Waals surface area (Å²) in [6.07, 6.45) is -8.10. The van der Waals surface area contributed by atoms with Gasteiger partial charge in [0.15, 0.2) is 0 Å². The number of nitrogens with zero attached hydrogens (tertiary/aromatic N) is 3. The minimum atomic E-state index is -4.78. The average molecular weight is 509 g/mol. The first kappa shape index (κ1) is 24.4. The van der Waals surface area contributed by atoms with E-state index in [1.54, 1.807) is 4.90 Å². The molecule has 2 aromatic carbocycles. The van der Waals surface area contributed by atoms with Crippen molar-refractivity contribution in [3.63, 3.8) is 0 Å². The van der Waals surface area contributed by atoms with E-state index in [-0.39, 0.29) is 17.8 Å². The fraction of sp³-hybridized carbons (Fsp3) is 0.360. The Balaban J connectivity index is 1.70. The second-order valence-electron chi connectivity index (χ2n) is 9.04. The number of benzene rings is 2. The van der Waals surface area contributed by atoms with Gasteiger partial charge in [-0.25, -0.2) is 0 Å². The first-order chi connectivity index (χ1) is 16.9. The Labute approximate surface area is 201 Å². The van der Waals surface area contributed by atoms with Crippen LogP contribution in [0.1, 0.15) is 35.1 Å². The number of hydrogen-bond donors (Lipinski definition) is 1. The third-order valence-electron chi connectivity index (χ3n) is 6.68. The van der Waals surface area contributed by atoms with Crippen LogP contribution in [0, 0.1) is 0 Å². The molecule has 0 bridgehead atoms. The molecular weight excluding hydrogens is 488 g/mol. The minimum absolute atomic E-state index is 0.186. The number of aliphatic hydroxyl groups is 1. The van der Waals surface area contributed by atoms with E-state index in [9.17, 15) is 36.2 Å². The van der Waals surface area contributed by atoms with Crippen molar-refractivity contribution in [3.05, 3.63) is 75.1 Å². The zero-order valence-electron chi connectivity index (χ0n) is 18.8. The molecule has 0 amide bonds. The standard InChI is InChI=1S/C25H21F6N3O2/c26-24(27,28)15-6-4-14(5-7-15)22-18-2-1-3-19(18)23(36)34(32-22)21-12-16(33-11-10-17(35)13-33)8-9-20(21)25(29,30)31/h4-9,12,17,35H,1-3,10-11,13H2. The maximum absolute atomic E-state index is 14.0. The highest BCUT2D eigenvalue weighted by atomic mass is 19.4. The van der Waals surface area contributed by atoms with Crippen molar-refractivity contribution < 1.29 is 31.4 Å². The molecule has 11 heteroatoms. The summed E-state index contributed by atoms with van der Waals surface area (Å²) < 4.78 is 81.8. The maximum atomic E-state index is 14.0. The molecule has 1 N–H and O–H groups in total. The van der Waals surface area contributed by atoms with Gasteiger partial charge in [-0.15, -0.1) is 0 Å². The summed E-state index contributed by atoms with van der Waals surface area (Å²) in [7, 11) is 0. The number of fused-ring (bicyclic) bond motifs is 1. The summed E-state index contributed by atoms with van der Waals surface area (Å²) >= 11 is 0. The summed E-state index contributed by atoms with van der Waals surface area (Å²) in [5.74, 6) is 0. The fourth-order valence-corrected chi connectivity index (χ4v) is 4.89. The highest BCUT2D eigenvalue weighted by Gasteiger charge is 2.36. The molecule has 0 radical (unpaired) electrons. The molecule has 1 aromatic heterocycles. The third-order valence-corrected chi connectivity index (χ3v) is 6.68. The van der Waals surface area contributed by atoms with Gasteiger partial charge in [-0.05, 0) is 61.6 Å². The lowest BCUT2D eigenvalue weighted by Crippen LogP contribution is -2.29. The van der Waals surface area contributed by atoms with Gasteiger partial charge in [-0.3, -0.25) is 4.79 Å². The summed E-state index contributed by atoms with van der Waals surface area (Å²) in [5, 5.41) is 14.1. The molecular formula is C25H21F6N3O2. The van der Waals surface area contributed by atoms with Gasteiger partial charge >= 0.3 is 12.4 Å². The monoisotopic (exact) mass is 509 g/mol. The number of halogens is 6. The molecule has 190 valence electrons. The molecule has 3 aromatic rings. The molecule has 1 unspecified atom stereocenters. The second kappa shape index (κ2) is 8.65. The number of aromatic nitrogens is 2. The number of rotatable bonds is 3. The van der Waals surface area contributed by atoms with E-state index in [2.05, 4.69) is 5.10 Å². The predicted octanol–water partition coefficient (Wildman–Crippen LogP) is 5.00. The Bertz CT molecular complexity index is 1360. The van der Waals surface area contributed by atoms with Crippen molar-refractivity contribution in [2.75, 3.05) is 18.0 Å². The molecule has 1 aliphatic carbocycles. The maximum Gasteiger partial charge on any atom is 0.418 e. The molecule has 1 aliphatic heterocycles. The quantitative estimate of drug-likeness (QED) is 0.506. The zero-order valence-corrected chi connectivity index (χ0v) is 18.8. The van der Waals surface area contributed by atoms with Gasteiger partial charge in [0, 0.05) is 29.9 Å². The van der Waals surface area contributed by atoms with E-state index in [4.69, 9.17) is 0 Å². The van der Waals surface area contributed by atoms with Crippen molar-refractivity contribution in [3.8, 4) is 16.9 Å². The smallest absolute Gasteiger partial charge is 0.391 e. The van der Waals surface area contributed by atoms with Crippen LogP contribution in [0.4, 0.5) is 32.0 Å². The number of β-amino-alcohol motifs (C(OH)–C–C–N with tert-alkyl or cyclic N) is 1. The highest BCUT2D eigenvalue weighted by Crippen LogP contribution is 2.38. The largest absolute Gasteiger partial charge is 0.418 e. The molecule has 2 aliphatic rings. The normalized spacial score (nSPS) is 18.1. The van der Waals surface area contributed by atoms with Gasteiger partial charge in [0.1, 0.15) is 0 Å². The Hall–Kier alpha value is -3.34. The minimum Gasteiger partial charge on any atom is -0.391 e. The lowest BCUT2D eigenvalue weighted by molar-refractivity contribution is -0.138. The average Bonchev–Trinajstić information content (AvgIpc) is 3.48. The third kappa shape index (κ3) is 4.36. The summed E-state index contributed by atoms with van der Waals surface area (Å²) in [5.41, 5.74) is -1.34. The van der Waals surface area contributed by atoms with E-state index >= 15 is 0 Å². The van der Waals surface area contributed by atoms with Crippen LogP contribution in [0.15, 0.2) is 47.3 Å². The first-order valence-corrected chi connectivity index (χ1v) is 11.4. The van der Waals surface area contributed by atoms with Crippen molar-refractivity contribution >= 4 is 5.69 Å². The SMILES string of the molecule is O=c1c2c(c(-c3ccc(C(F)(F)F)cc3)nn1-c1cc(N3CCC(O)C3)ccc1C(F)(F)F)CCC2. The topological polar surface area (TPSA) is 58.4 Å². The molecule has 0 saturated carbocycles. The molecule has 1 fully saturated rings. The number of alkyl halides is 6. The predicted molar refractivity (Wildman–Crippen MR) is 120 cm³/mol. The van der Waals surface area contributed by atoms with E-state index < -0.39 is 40.8 Å². The second-order valence-corrected chi connectivity index (χ2v) is 9.04. The molecule has 2 heterocycles. The molecule has 1 atom stereocenters. The van der Waals surface area contributed by atoms with E-state index in [1.165, 1.54) is 24.3 Å². The van der Waals surface area contributed by atoms with Gasteiger partial charge in [0.2, 0.25) is 0 Å². The number of anilines is 1. The molecule has 1 saturated heterocycles. The van der Waals surface area contributed by atoms with Crippen LogP contribution in [-0.4, -0.2) is 34.1 Å². The van der Waals surface area contributed by atoms with E-state index in [0.717, 1.165) is 22.9 Å². The molecule has 0 spiro atoms. The first-order valence-electron chi connectivity index (χ1n) is 11.4. The van der Waals surface area contributed by atoms with Gasteiger partial charge in [-0.1, -0.05) is 12.1 Å². The summed E-state index contributed by atoms with van der Waals surface area (Å²) in [6.45, 7) is 0.684. The van der Waals surface area contributed by atoms with Crippen molar-refractivity contribution in [1.29, 1.82) is 0 Å². The van der Waals surface area contributed by atoms with E-state index in [0.29, 0.717) is 49.0 Å². The molecule has 5 rings (SSSR count). The number of hydrogen-bond acceptors (Lipinski definition) is 4. The van der Waals surface area contributed by atoms with Crippen molar-refractivity contribution in [2.24, 2.45) is 0 Å². The molecule has 5 nitrogen and oxygen atoms in total. The summed E-state index contributed by atoms with van der Waals surface area (Å²) in [6, 6.07) is 7.60. The van der Waals surface area contributed by atoms with Gasteiger partial charge in [0.05, 0.1) is 28.6 Å². The van der Waals surface area contributed by atoms with Gasteiger partial charge < -0.3 is 10.0 Å². The van der Waals surface area contributed by atoms with Crippen LogP contribution in [-0.2, 0) is 25.2 Å². The Morgan fingerprint density at radius 2 is 1.61 bits per heavy atom. The van der Waals surface area contributed by atoms with Crippen LogP contribution in [0.3, 0.4) is 0 Å². The van der Waals surface area contributed by atoms with Crippen molar-refractivity contribution in [2.45, 2.75) is 44.1 Å². The van der Waals surface area contributed by atoms with Crippen LogP contribution in [0.25, 0.3) is 16.9 Å². The Morgan fingerprint density at radius 3 is 2.22 bits per heavy atom. The fourth-order valence-electron chi connectivity index (χ4n) is 4.89. The van der Waals surface area contributed by atoms with Gasteiger partial charge in [-0.2, -0.15) is 36.1 Å². The number of aliphatic hydroxyl groups excluding tert-OH is 1. The van der Waals surface area contributed by atoms with E-state index in [1.807, 2.05) is 0 Å². The molecule has 36 heavy (non-hydrogen) atoms. The van der Waals surface area contributed by atoms with Crippen LogP contribution in [0.5, 0.6) is 0 Å². The lowest BCUT2D eigenvalue weighted by atomic mass is 10.0. The van der Waals surface area contributed by atoms with Crippen LogP contribution >= 0.6 is 0 Å². The van der Waals surface area contributed by atoms with Gasteiger partial charge in [0.25, 0.3) is 5.56 Å². The van der Waals surface area contributed by atoms with Crippen LogP contribution in [0.2, 0.25) is 0 Å². The van der Waals surface area contributed by atoms with Crippen LogP contribution < -0.4 is 10.5 Å².